The molecule has 34 heavy (non-hydrogen) atoms. The fourth-order valence-corrected chi connectivity index (χ4v) is 4.72. The third-order valence-corrected chi connectivity index (χ3v) is 6.50. The molecule has 174 valence electrons. The van der Waals surface area contributed by atoms with Crippen molar-refractivity contribution >= 4 is 28.4 Å². The number of nitrogens with zero attached hydrogens (tertiary/aromatic N) is 4. The number of aromatic nitrogens is 2. The quantitative estimate of drug-likeness (QED) is 0.557. The molecule has 2 aliphatic rings. The van der Waals surface area contributed by atoms with Gasteiger partial charge in [0.25, 0.3) is 0 Å². The molecule has 2 aromatic heterocycles. The maximum absolute atomic E-state index is 15.4. The summed E-state index contributed by atoms with van der Waals surface area (Å²) in [6, 6.07) is 5.12. The number of hydrogen-bond acceptors (Lipinski definition) is 7. The fourth-order valence-electron chi connectivity index (χ4n) is 4.72. The van der Waals surface area contributed by atoms with Crippen LogP contribution in [0.3, 0.4) is 0 Å². The highest BCUT2D eigenvalue weighted by molar-refractivity contribution is 5.99. The molecule has 0 saturated carbocycles. The van der Waals surface area contributed by atoms with Crippen LogP contribution in [0.5, 0.6) is 5.88 Å². The van der Waals surface area contributed by atoms with Crippen molar-refractivity contribution in [2.24, 2.45) is 0 Å². The first-order valence-corrected chi connectivity index (χ1v) is 10.9. The minimum Gasteiger partial charge on any atom is -0.477 e. The molecule has 9 nitrogen and oxygen atoms in total. The van der Waals surface area contributed by atoms with Gasteiger partial charge in [0.2, 0.25) is 5.88 Å². The standard InChI is InChI=1S/C24H22FN5O4/c1-12-17(9-29-23-20(12)13(8-26)2-5-34-23)16-6-14-7-19(28-10-18(14)22(27)21(16)25)30(24(31)32)15-3-4-33-11-15/h6-7,9-10,13,15H,2-5,11,27H2,1H3,(H,31,32)/t13-,15-/m0/s1. The lowest BCUT2D eigenvalue weighted by Crippen LogP contribution is -2.40. The van der Waals surface area contributed by atoms with Gasteiger partial charge >= 0.3 is 6.09 Å². The Morgan fingerprint density at radius 3 is 2.79 bits per heavy atom. The summed E-state index contributed by atoms with van der Waals surface area (Å²) in [6.07, 6.45) is 2.85. The second-order valence-corrected chi connectivity index (χ2v) is 8.42. The summed E-state index contributed by atoms with van der Waals surface area (Å²) in [5, 5.41) is 20.3. The fraction of sp³-hybridized carbons (Fsp3) is 0.333. The van der Waals surface area contributed by atoms with Crippen LogP contribution in [-0.4, -0.2) is 47.0 Å². The third kappa shape index (κ3) is 3.45. The van der Waals surface area contributed by atoms with E-state index in [1.54, 1.807) is 19.1 Å². The normalized spacial score (nSPS) is 19.3. The molecule has 0 bridgehead atoms. The number of hydrogen-bond donors (Lipinski definition) is 2. The summed E-state index contributed by atoms with van der Waals surface area (Å²) in [5.41, 5.74) is 8.10. The molecule has 4 heterocycles. The number of rotatable bonds is 3. The second kappa shape index (κ2) is 8.43. The molecule has 5 rings (SSSR count). The summed E-state index contributed by atoms with van der Waals surface area (Å²) in [4.78, 5) is 21.7. The van der Waals surface area contributed by atoms with Crippen molar-refractivity contribution in [1.29, 1.82) is 5.26 Å². The van der Waals surface area contributed by atoms with Gasteiger partial charge in [-0.25, -0.2) is 19.2 Å². The van der Waals surface area contributed by atoms with E-state index in [1.165, 1.54) is 17.3 Å². The van der Waals surface area contributed by atoms with Crippen molar-refractivity contribution in [3.05, 3.63) is 41.5 Å². The molecule has 3 N–H and O–H groups in total. The van der Waals surface area contributed by atoms with Crippen LogP contribution in [0.1, 0.15) is 29.9 Å². The van der Waals surface area contributed by atoms with E-state index < -0.39 is 17.8 Å². The molecular formula is C24H22FN5O4. The molecule has 10 heteroatoms. The molecule has 2 atom stereocenters. The van der Waals surface area contributed by atoms with Gasteiger partial charge in [0, 0.05) is 47.5 Å². The van der Waals surface area contributed by atoms with Gasteiger partial charge in [0.15, 0.2) is 5.82 Å². The number of benzene rings is 1. The molecule has 1 saturated heterocycles. The monoisotopic (exact) mass is 463 g/mol. The van der Waals surface area contributed by atoms with Crippen LogP contribution < -0.4 is 15.4 Å². The maximum Gasteiger partial charge on any atom is 0.413 e. The molecule has 1 fully saturated rings. The van der Waals surface area contributed by atoms with Crippen LogP contribution in [0.2, 0.25) is 0 Å². The molecule has 0 spiro atoms. The zero-order valence-corrected chi connectivity index (χ0v) is 18.4. The van der Waals surface area contributed by atoms with E-state index in [2.05, 4.69) is 16.0 Å². The van der Waals surface area contributed by atoms with E-state index in [0.717, 1.165) is 0 Å². The van der Waals surface area contributed by atoms with Gasteiger partial charge in [-0.05, 0) is 36.4 Å². The van der Waals surface area contributed by atoms with Crippen molar-refractivity contribution in [2.45, 2.75) is 31.7 Å². The van der Waals surface area contributed by atoms with Gasteiger partial charge in [-0.15, -0.1) is 0 Å². The number of carboxylic acid groups (broad SMARTS) is 1. The number of amides is 1. The van der Waals surface area contributed by atoms with Crippen molar-refractivity contribution in [2.75, 3.05) is 30.5 Å². The van der Waals surface area contributed by atoms with Gasteiger partial charge in [0.1, 0.15) is 5.82 Å². The lowest BCUT2D eigenvalue weighted by molar-refractivity contribution is 0.183. The minimum absolute atomic E-state index is 0.0946. The second-order valence-electron chi connectivity index (χ2n) is 8.42. The van der Waals surface area contributed by atoms with E-state index in [9.17, 15) is 15.2 Å². The first kappa shape index (κ1) is 21.9. The molecule has 1 amide bonds. The average molecular weight is 463 g/mol. The Morgan fingerprint density at radius 1 is 1.26 bits per heavy atom. The number of carbonyl (C=O) groups is 1. The maximum atomic E-state index is 15.4. The highest BCUT2D eigenvalue weighted by Gasteiger charge is 2.31. The Morgan fingerprint density at radius 2 is 2.09 bits per heavy atom. The Bertz CT molecular complexity index is 1350. The molecular weight excluding hydrogens is 441 g/mol. The number of fused-ring (bicyclic) bond motifs is 2. The average Bonchev–Trinajstić information content (AvgIpc) is 3.35. The molecule has 3 aromatic rings. The summed E-state index contributed by atoms with van der Waals surface area (Å²) < 4.78 is 26.4. The molecule has 0 radical (unpaired) electrons. The molecule has 0 aliphatic carbocycles. The summed E-state index contributed by atoms with van der Waals surface area (Å²) in [5.74, 6) is -0.427. The van der Waals surface area contributed by atoms with Gasteiger partial charge in [0.05, 0.1) is 36.9 Å². The number of halogens is 1. The van der Waals surface area contributed by atoms with E-state index in [0.29, 0.717) is 59.4 Å². The summed E-state index contributed by atoms with van der Waals surface area (Å²) >= 11 is 0. The van der Waals surface area contributed by atoms with Crippen LogP contribution in [-0.2, 0) is 4.74 Å². The van der Waals surface area contributed by atoms with Crippen molar-refractivity contribution in [1.82, 2.24) is 9.97 Å². The zero-order chi connectivity index (χ0) is 24.0. The predicted octanol–water partition coefficient (Wildman–Crippen LogP) is 3.99. The van der Waals surface area contributed by atoms with Crippen LogP contribution in [0.25, 0.3) is 21.9 Å². The lowest BCUT2D eigenvalue weighted by Gasteiger charge is -2.25. The Balaban J connectivity index is 1.67. The van der Waals surface area contributed by atoms with Crippen molar-refractivity contribution in [3.63, 3.8) is 0 Å². The molecule has 2 aliphatic heterocycles. The SMILES string of the molecule is Cc1c(-c2cc3cc(N(C(=O)O)[C@H]4CCOC4)ncc3c(N)c2F)cnc2c1[C@H](C#N)CCO2. The largest absolute Gasteiger partial charge is 0.477 e. The highest BCUT2D eigenvalue weighted by Crippen LogP contribution is 2.41. The van der Waals surface area contributed by atoms with Crippen LogP contribution >= 0.6 is 0 Å². The van der Waals surface area contributed by atoms with Gasteiger partial charge < -0.3 is 20.3 Å². The van der Waals surface area contributed by atoms with E-state index >= 15 is 4.39 Å². The number of nitriles is 1. The van der Waals surface area contributed by atoms with Gasteiger partial charge in [-0.3, -0.25) is 4.90 Å². The van der Waals surface area contributed by atoms with Gasteiger partial charge in [-0.2, -0.15) is 5.26 Å². The lowest BCUT2D eigenvalue weighted by atomic mass is 9.88. The highest BCUT2D eigenvalue weighted by atomic mass is 19.1. The van der Waals surface area contributed by atoms with Gasteiger partial charge in [-0.1, -0.05) is 0 Å². The van der Waals surface area contributed by atoms with E-state index in [1.807, 2.05) is 0 Å². The van der Waals surface area contributed by atoms with Crippen molar-refractivity contribution < 1.29 is 23.8 Å². The predicted molar refractivity (Wildman–Crippen MR) is 122 cm³/mol. The van der Waals surface area contributed by atoms with E-state index in [-0.39, 0.29) is 29.7 Å². The number of nitrogens with two attached hydrogens (primary N) is 1. The number of anilines is 2. The smallest absolute Gasteiger partial charge is 0.413 e. The Labute approximate surface area is 194 Å². The Kier molecular flexibility index (Phi) is 5.42. The first-order chi connectivity index (χ1) is 16.4. The summed E-state index contributed by atoms with van der Waals surface area (Å²) in [7, 11) is 0. The number of nitrogen functional groups attached to an aromatic ring is 1. The molecule has 1 aromatic carbocycles. The van der Waals surface area contributed by atoms with Crippen molar-refractivity contribution in [3.8, 4) is 23.1 Å². The Hall–Kier alpha value is -3.97. The topological polar surface area (TPSA) is 135 Å². The van der Waals surface area contributed by atoms with Crippen LogP contribution in [0.15, 0.2) is 24.5 Å². The molecule has 0 unspecified atom stereocenters. The summed E-state index contributed by atoms with van der Waals surface area (Å²) in [6.45, 7) is 2.96. The number of pyridine rings is 2. The van der Waals surface area contributed by atoms with Crippen LogP contribution in [0.4, 0.5) is 20.7 Å². The minimum atomic E-state index is -1.14. The third-order valence-electron chi connectivity index (χ3n) is 6.50. The zero-order valence-electron chi connectivity index (χ0n) is 18.4. The number of ether oxygens (including phenoxy) is 2. The van der Waals surface area contributed by atoms with E-state index in [4.69, 9.17) is 15.2 Å². The first-order valence-electron chi connectivity index (χ1n) is 10.9. The van der Waals surface area contributed by atoms with Crippen LogP contribution in [0, 0.1) is 24.1 Å².